The second-order valence-corrected chi connectivity index (χ2v) is 9.42. The third-order valence-electron chi connectivity index (χ3n) is 7.10. The molecule has 11 heteroatoms. The van der Waals surface area contributed by atoms with E-state index >= 15 is 0 Å². The number of carbonyl (C=O) groups excluding carboxylic acids is 2. The number of methoxy groups -OCH3 is 2. The van der Waals surface area contributed by atoms with Gasteiger partial charge in [-0.25, -0.2) is 9.59 Å². The average Bonchev–Trinajstić information content (AvgIpc) is 2.97. The van der Waals surface area contributed by atoms with Gasteiger partial charge in [-0.05, 0) is 80.9 Å². The summed E-state index contributed by atoms with van der Waals surface area (Å²) >= 11 is 0. The number of aliphatic hydroxyl groups excluding tert-OH is 1. The van der Waals surface area contributed by atoms with Crippen LogP contribution in [0.3, 0.4) is 0 Å². The fourth-order valence-corrected chi connectivity index (χ4v) is 4.86. The Morgan fingerprint density at radius 3 is 1.69 bits per heavy atom. The van der Waals surface area contributed by atoms with Crippen molar-refractivity contribution in [3.8, 4) is 11.5 Å². The van der Waals surface area contributed by atoms with Crippen LogP contribution in [-0.2, 0) is 9.59 Å². The van der Waals surface area contributed by atoms with Crippen molar-refractivity contribution in [2.75, 3.05) is 40.4 Å². The maximum absolute atomic E-state index is 13.0. The van der Waals surface area contributed by atoms with Crippen molar-refractivity contribution in [1.29, 1.82) is 0 Å². The number of aliphatic hydroxyl groups is 1. The van der Waals surface area contributed by atoms with Crippen LogP contribution in [0.2, 0.25) is 0 Å². The predicted octanol–water partition coefficient (Wildman–Crippen LogP) is 2.03. The molecule has 0 spiro atoms. The van der Waals surface area contributed by atoms with E-state index in [9.17, 15) is 14.7 Å². The molecule has 2 aromatic carbocycles. The summed E-state index contributed by atoms with van der Waals surface area (Å²) in [4.78, 5) is 48.2. The first-order valence-electron chi connectivity index (χ1n) is 12.6. The molecule has 2 atom stereocenters. The molecule has 1 amide bonds. The van der Waals surface area contributed by atoms with Gasteiger partial charge in [0.05, 0.1) is 26.4 Å². The van der Waals surface area contributed by atoms with Crippen LogP contribution in [0.4, 0.5) is 0 Å². The number of aliphatic carboxylic acids is 2. The molecule has 2 aromatic rings. The van der Waals surface area contributed by atoms with Crippen LogP contribution in [0.25, 0.3) is 0 Å². The minimum atomic E-state index is -1.82. The van der Waals surface area contributed by atoms with Gasteiger partial charge in [0.2, 0.25) is 0 Å². The summed E-state index contributed by atoms with van der Waals surface area (Å²) in [5.74, 6) is -2.08. The maximum Gasteiger partial charge on any atom is 0.414 e. The van der Waals surface area contributed by atoms with Gasteiger partial charge >= 0.3 is 11.9 Å². The summed E-state index contributed by atoms with van der Waals surface area (Å²) in [6.45, 7) is 2.50. The number of piperidine rings is 2. The number of hydrogen-bond acceptors (Lipinski definition) is 8. The van der Waals surface area contributed by atoms with Gasteiger partial charge in [-0.2, -0.15) is 0 Å². The lowest BCUT2D eigenvalue weighted by Gasteiger charge is -2.44. The molecular weight excluding hydrogens is 508 g/mol. The molecule has 39 heavy (non-hydrogen) atoms. The number of hydrogen-bond donors (Lipinski definition) is 3. The van der Waals surface area contributed by atoms with Crippen molar-refractivity contribution >= 4 is 23.6 Å². The standard InChI is InChI=1S/C26H32N2O5.C2H2O4/c1-32-21-7-3-18(4-8-21)25(30)19-11-14-27(15-12-19)23-17-28(16-13-24(23)29)26(31)20-5-9-22(33-2)10-6-20;3-1(4)2(5)6/h3-10,19,23-24,29H,11-17H2,1-2H3;(H,3,4)(H,5,6)/t23-,24-;/m1./s1. The molecule has 210 valence electrons. The highest BCUT2D eigenvalue weighted by Gasteiger charge is 2.37. The Kier molecular flexibility index (Phi) is 10.4. The second-order valence-electron chi connectivity index (χ2n) is 9.42. The number of amides is 1. The molecule has 2 heterocycles. The van der Waals surface area contributed by atoms with E-state index in [1.54, 1.807) is 38.5 Å². The Morgan fingerprint density at radius 1 is 0.744 bits per heavy atom. The van der Waals surface area contributed by atoms with E-state index < -0.39 is 18.0 Å². The molecule has 2 fully saturated rings. The highest BCUT2D eigenvalue weighted by Crippen LogP contribution is 2.27. The lowest BCUT2D eigenvalue weighted by atomic mass is 9.87. The molecule has 0 radical (unpaired) electrons. The topological polar surface area (TPSA) is 154 Å². The lowest BCUT2D eigenvalue weighted by molar-refractivity contribution is -0.159. The number of ketones is 1. The zero-order chi connectivity index (χ0) is 28.5. The van der Waals surface area contributed by atoms with Crippen molar-refractivity contribution in [1.82, 2.24) is 9.80 Å². The van der Waals surface area contributed by atoms with E-state index in [4.69, 9.17) is 29.3 Å². The number of carboxylic acids is 2. The number of rotatable bonds is 6. The number of likely N-dealkylation sites (tertiary alicyclic amines) is 2. The minimum Gasteiger partial charge on any atom is -0.497 e. The Labute approximate surface area is 226 Å². The molecular formula is C28H34N2O9. The maximum atomic E-state index is 13.0. The smallest absolute Gasteiger partial charge is 0.414 e. The van der Waals surface area contributed by atoms with Crippen LogP contribution in [0.5, 0.6) is 11.5 Å². The molecule has 2 aliphatic rings. The van der Waals surface area contributed by atoms with E-state index in [1.165, 1.54) is 0 Å². The normalized spacial score (nSPS) is 19.8. The van der Waals surface area contributed by atoms with Gasteiger partial charge in [0.1, 0.15) is 11.5 Å². The Balaban J connectivity index is 0.000000631. The van der Waals surface area contributed by atoms with Crippen LogP contribution < -0.4 is 9.47 Å². The predicted molar refractivity (Wildman–Crippen MR) is 140 cm³/mol. The van der Waals surface area contributed by atoms with Crippen LogP contribution in [0, 0.1) is 5.92 Å². The minimum absolute atomic E-state index is 0.0209. The first-order valence-corrected chi connectivity index (χ1v) is 12.6. The van der Waals surface area contributed by atoms with Crippen LogP contribution in [0.1, 0.15) is 40.0 Å². The molecule has 0 unspecified atom stereocenters. The zero-order valence-corrected chi connectivity index (χ0v) is 22.0. The molecule has 0 bridgehead atoms. The van der Waals surface area contributed by atoms with Gasteiger partial charge in [0.25, 0.3) is 5.91 Å². The number of carbonyl (C=O) groups is 4. The fourth-order valence-electron chi connectivity index (χ4n) is 4.86. The summed E-state index contributed by atoms with van der Waals surface area (Å²) in [5.41, 5.74) is 1.33. The summed E-state index contributed by atoms with van der Waals surface area (Å²) in [6.07, 6.45) is 1.58. The molecule has 2 saturated heterocycles. The molecule has 4 rings (SSSR count). The number of benzene rings is 2. The van der Waals surface area contributed by atoms with Crippen LogP contribution >= 0.6 is 0 Å². The third-order valence-corrected chi connectivity index (χ3v) is 7.10. The quantitative estimate of drug-likeness (QED) is 0.365. The highest BCUT2D eigenvalue weighted by atomic mass is 16.5. The number of ether oxygens (including phenoxy) is 2. The van der Waals surface area contributed by atoms with Crippen molar-refractivity contribution in [3.63, 3.8) is 0 Å². The molecule has 11 nitrogen and oxygen atoms in total. The molecule has 0 aliphatic carbocycles. The fraction of sp³-hybridized carbons (Fsp3) is 0.429. The van der Waals surface area contributed by atoms with Crippen molar-refractivity contribution in [2.45, 2.75) is 31.4 Å². The third kappa shape index (κ3) is 7.78. The van der Waals surface area contributed by atoms with E-state index in [1.807, 2.05) is 29.2 Å². The largest absolute Gasteiger partial charge is 0.497 e. The van der Waals surface area contributed by atoms with Crippen molar-refractivity contribution < 1.29 is 44.0 Å². The first kappa shape index (κ1) is 29.6. The Morgan fingerprint density at radius 2 is 1.23 bits per heavy atom. The van der Waals surface area contributed by atoms with Gasteiger partial charge in [0, 0.05) is 30.1 Å². The summed E-state index contributed by atoms with van der Waals surface area (Å²) < 4.78 is 10.3. The van der Waals surface area contributed by atoms with E-state index in [2.05, 4.69) is 4.90 Å². The Bertz CT molecular complexity index is 1130. The first-order chi connectivity index (χ1) is 18.6. The van der Waals surface area contributed by atoms with Crippen molar-refractivity contribution in [2.24, 2.45) is 5.92 Å². The monoisotopic (exact) mass is 542 g/mol. The van der Waals surface area contributed by atoms with Gasteiger partial charge in [-0.3, -0.25) is 14.5 Å². The number of Topliss-reactive ketones (excluding diaryl/α,β-unsaturated/α-hetero) is 1. The zero-order valence-electron chi connectivity index (χ0n) is 22.0. The number of carboxylic acid groups (broad SMARTS) is 2. The summed E-state index contributed by atoms with van der Waals surface area (Å²) in [5, 5.41) is 25.5. The van der Waals surface area contributed by atoms with E-state index in [-0.39, 0.29) is 23.7 Å². The van der Waals surface area contributed by atoms with Crippen LogP contribution in [0.15, 0.2) is 48.5 Å². The highest BCUT2D eigenvalue weighted by molar-refractivity contribution is 6.27. The van der Waals surface area contributed by atoms with E-state index in [0.717, 1.165) is 31.7 Å². The Hall–Kier alpha value is -3.96. The second kappa shape index (κ2) is 13.7. The van der Waals surface area contributed by atoms with Crippen molar-refractivity contribution in [3.05, 3.63) is 59.7 Å². The van der Waals surface area contributed by atoms with E-state index in [0.29, 0.717) is 36.4 Å². The van der Waals surface area contributed by atoms with Gasteiger partial charge in [-0.15, -0.1) is 0 Å². The number of nitrogens with zero attached hydrogens (tertiary/aromatic N) is 2. The molecule has 3 N–H and O–H groups in total. The molecule has 0 aromatic heterocycles. The SMILES string of the molecule is COc1ccc(C(=O)C2CCN([C@@H]3CN(C(=O)c4ccc(OC)cc4)CC[C@H]3O)CC2)cc1.O=C(O)C(=O)O. The van der Waals surface area contributed by atoms with Crippen LogP contribution in [-0.4, -0.2) is 101 Å². The lowest BCUT2D eigenvalue weighted by Crippen LogP contribution is -2.58. The van der Waals surface area contributed by atoms with Gasteiger partial charge < -0.3 is 29.7 Å². The summed E-state index contributed by atoms with van der Waals surface area (Å²) in [7, 11) is 3.21. The molecule has 2 aliphatic heterocycles. The summed E-state index contributed by atoms with van der Waals surface area (Å²) in [6, 6.07) is 14.3. The average molecular weight is 543 g/mol. The molecule has 0 saturated carbocycles. The van der Waals surface area contributed by atoms with Gasteiger partial charge in [-0.1, -0.05) is 0 Å². The van der Waals surface area contributed by atoms with Gasteiger partial charge in [0.15, 0.2) is 5.78 Å².